The largest absolute Gasteiger partial charge is 0.392 e. The first-order valence-electron chi connectivity index (χ1n) is 6.19. The maximum atomic E-state index is 9.28. The molecule has 0 unspecified atom stereocenters. The van der Waals surface area contributed by atoms with Gasteiger partial charge in [0.2, 0.25) is 0 Å². The Balaban J connectivity index is 2.11. The quantitative estimate of drug-likeness (QED) is 0.859. The molecular formula is C16H19NO. The first-order valence-corrected chi connectivity index (χ1v) is 6.19. The molecule has 0 spiro atoms. The fourth-order valence-electron chi connectivity index (χ4n) is 2.16. The number of aliphatic hydroxyl groups is 1. The fourth-order valence-corrected chi connectivity index (χ4v) is 2.16. The van der Waals surface area contributed by atoms with Gasteiger partial charge in [0.15, 0.2) is 0 Å². The van der Waals surface area contributed by atoms with Gasteiger partial charge in [-0.1, -0.05) is 30.3 Å². The standard InChI is InChI=1S/C16H19NO/c1-12-7-13(2)9-16(8-12)17-10-14-5-3-4-6-15(14)11-18/h3-9,17-18H,10-11H2,1-2H3. The molecule has 0 aliphatic rings. The van der Waals surface area contributed by atoms with E-state index in [0.29, 0.717) is 0 Å². The molecule has 2 nitrogen and oxygen atoms in total. The molecule has 18 heavy (non-hydrogen) atoms. The van der Waals surface area contributed by atoms with E-state index in [-0.39, 0.29) is 6.61 Å². The molecule has 2 rings (SSSR count). The van der Waals surface area contributed by atoms with E-state index in [0.717, 1.165) is 23.4 Å². The highest BCUT2D eigenvalue weighted by molar-refractivity contribution is 5.49. The minimum absolute atomic E-state index is 0.0880. The summed E-state index contributed by atoms with van der Waals surface area (Å²) >= 11 is 0. The maximum absolute atomic E-state index is 9.28. The molecular weight excluding hydrogens is 222 g/mol. The highest BCUT2D eigenvalue weighted by atomic mass is 16.3. The van der Waals surface area contributed by atoms with Crippen molar-refractivity contribution in [2.75, 3.05) is 5.32 Å². The summed E-state index contributed by atoms with van der Waals surface area (Å²) in [7, 11) is 0. The highest BCUT2D eigenvalue weighted by Crippen LogP contribution is 2.16. The van der Waals surface area contributed by atoms with Crippen molar-refractivity contribution in [2.24, 2.45) is 0 Å². The number of nitrogens with one attached hydrogen (secondary N) is 1. The smallest absolute Gasteiger partial charge is 0.0685 e. The second-order valence-electron chi connectivity index (χ2n) is 4.66. The van der Waals surface area contributed by atoms with E-state index >= 15 is 0 Å². The van der Waals surface area contributed by atoms with Gasteiger partial charge in [0.05, 0.1) is 6.61 Å². The summed E-state index contributed by atoms with van der Waals surface area (Å²) in [4.78, 5) is 0. The normalized spacial score (nSPS) is 10.4. The van der Waals surface area contributed by atoms with E-state index in [1.807, 2.05) is 24.3 Å². The van der Waals surface area contributed by atoms with Crippen LogP contribution in [0.1, 0.15) is 22.3 Å². The Morgan fingerprint density at radius 3 is 2.17 bits per heavy atom. The van der Waals surface area contributed by atoms with Crippen LogP contribution in [0, 0.1) is 13.8 Å². The number of benzene rings is 2. The first-order chi connectivity index (χ1) is 8.69. The molecule has 2 N–H and O–H groups in total. The predicted molar refractivity (Wildman–Crippen MR) is 75.6 cm³/mol. The van der Waals surface area contributed by atoms with Crippen molar-refractivity contribution in [3.63, 3.8) is 0 Å². The van der Waals surface area contributed by atoms with Crippen LogP contribution in [0.2, 0.25) is 0 Å². The van der Waals surface area contributed by atoms with Crippen LogP contribution in [-0.4, -0.2) is 5.11 Å². The summed E-state index contributed by atoms with van der Waals surface area (Å²) in [6, 6.07) is 14.4. The van der Waals surface area contributed by atoms with Crippen molar-refractivity contribution in [1.82, 2.24) is 0 Å². The van der Waals surface area contributed by atoms with E-state index in [9.17, 15) is 5.11 Å². The molecule has 0 aliphatic carbocycles. The zero-order valence-corrected chi connectivity index (χ0v) is 10.9. The molecule has 2 aromatic carbocycles. The van der Waals surface area contributed by atoms with E-state index in [1.54, 1.807) is 0 Å². The lowest BCUT2D eigenvalue weighted by molar-refractivity contribution is 0.280. The SMILES string of the molecule is Cc1cc(C)cc(NCc2ccccc2CO)c1. The van der Waals surface area contributed by atoms with Crippen LogP contribution in [0.5, 0.6) is 0 Å². The van der Waals surface area contributed by atoms with Crippen molar-refractivity contribution < 1.29 is 5.11 Å². The van der Waals surface area contributed by atoms with Crippen molar-refractivity contribution in [1.29, 1.82) is 0 Å². The summed E-state index contributed by atoms with van der Waals surface area (Å²) in [6.45, 7) is 5.02. The summed E-state index contributed by atoms with van der Waals surface area (Å²) in [5.74, 6) is 0. The van der Waals surface area contributed by atoms with E-state index in [2.05, 4.69) is 37.4 Å². The third-order valence-corrected chi connectivity index (χ3v) is 2.99. The van der Waals surface area contributed by atoms with Crippen molar-refractivity contribution in [2.45, 2.75) is 27.0 Å². The Bertz CT molecular complexity index is 514. The molecule has 0 radical (unpaired) electrons. The Labute approximate surface area is 108 Å². The molecule has 0 bridgehead atoms. The molecule has 0 aromatic heterocycles. The van der Waals surface area contributed by atoms with Crippen molar-refractivity contribution >= 4 is 5.69 Å². The lowest BCUT2D eigenvalue weighted by Gasteiger charge is -2.11. The Kier molecular flexibility index (Phi) is 4.00. The van der Waals surface area contributed by atoms with Gasteiger partial charge in [0, 0.05) is 12.2 Å². The average molecular weight is 241 g/mol. The molecule has 94 valence electrons. The first kappa shape index (κ1) is 12.7. The Morgan fingerprint density at radius 1 is 0.944 bits per heavy atom. The van der Waals surface area contributed by atoms with Crippen molar-refractivity contribution in [3.05, 3.63) is 64.7 Å². The molecule has 2 aromatic rings. The minimum atomic E-state index is 0.0880. The number of hydrogen-bond acceptors (Lipinski definition) is 2. The van der Waals surface area contributed by atoms with E-state index in [1.165, 1.54) is 11.1 Å². The van der Waals surface area contributed by atoms with Crippen LogP contribution in [0.3, 0.4) is 0 Å². The lowest BCUT2D eigenvalue weighted by Crippen LogP contribution is -2.03. The molecule has 0 heterocycles. The van der Waals surface area contributed by atoms with Crippen LogP contribution >= 0.6 is 0 Å². The monoisotopic (exact) mass is 241 g/mol. The second kappa shape index (κ2) is 5.69. The van der Waals surface area contributed by atoms with Crippen LogP contribution in [-0.2, 0) is 13.2 Å². The molecule has 0 amide bonds. The number of aliphatic hydroxyl groups excluding tert-OH is 1. The molecule has 0 saturated heterocycles. The van der Waals surface area contributed by atoms with Gasteiger partial charge in [-0.2, -0.15) is 0 Å². The van der Waals surface area contributed by atoms with Gasteiger partial charge in [-0.05, 0) is 48.2 Å². The van der Waals surface area contributed by atoms with E-state index in [4.69, 9.17) is 0 Å². The van der Waals surface area contributed by atoms with Crippen LogP contribution in [0.4, 0.5) is 5.69 Å². The molecule has 0 atom stereocenters. The van der Waals surface area contributed by atoms with Gasteiger partial charge in [0.25, 0.3) is 0 Å². The summed E-state index contributed by atoms with van der Waals surface area (Å²) in [5.41, 5.74) is 5.76. The van der Waals surface area contributed by atoms with E-state index < -0.39 is 0 Å². The zero-order valence-electron chi connectivity index (χ0n) is 10.9. The van der Waals surface area contributed by atoms with Crippen molar-refractivity contribution in [3.8, 4) is 0 Å². The van der Waals surface area contributed by atoms with Gasteiger partial charge in [-0.3, -0.25) is 0 Å². The average Bonchev–Trinajstić information content (AvgIpc) is 2.35. The molecule has 2 heteroatoms. The van der Waals surface area contributed by atoms with Gasteiger partial charge in [0.1, 0.15) is 0 Å². The Morgan fingerprint density at radius 2 is 1.56 bits per heavy atom. The predicted octanol–water partition coefficient (Wildman–Crippen LogP) is 3.41. The van der Waals surface area contributed by atoms with Gasteiger partial charge in [-0.15, -0.1) is 0 Å². The summed E-state index contributed by atoms with van der Waals surface area (Å²) < 4.78 is 0. The molecule has 0 aliphatic heterocycles. The minimum Gasteiger partial charge on any atom is -0.392 e. The highest BCUT2D eigenvalue weighted by Gasteiger charge is 2.01. The number of rotatable bonds is 4. The number of anilines is 1. The lowest BCUT2D eigenvalue weighted by atomic mass is 10.1. The molecule has 0 saturated carbocycles. The Hall–Kier alpha value is -1.80. The zero-order chi connectivity index (χ0) is 13.0. The fraction of sp³-hybridized carbons (Fsp3) is 0.250. The van der Waals surface area contributed by atoms with Gasteiger partial charge >= 0.3 is 0 Å². The number of aryl methyl sites for hydroxylation is 2. The van der Waals surface area contributed by atoms with Crippen LogP contribution in [0.15, 0.2) is 42.5 Å². The summed E-state index contributed by atoms with van der Waals surface area (Å²) in [5, 5.41) is 12.7. The van der Waals surface area contributed by atoms with Gasteiger partial charge < -0.3 is 10.4 Å². The van der Waals surface area contributed by atoms with Gasteiger partial charge in [-0.25, -0.2) is 0 Å². The third kappa shape index (κ3) is 3.11. The number of hydrogen-bond donors (Lipinski definition) is 2. The maximum Gasteiger partial charge on any atom is 0.0685 e. The van der Waals surface area contributed by atoms with Crippen LogP contribution < -0.4 is 5.32 Å². The molecule has 0 fully saturated rings. The summed E-state index contributed by atoms with van der Waals surface area (Å²) in [6.07, 6.45) is 0. The second-order valence-corrected chi connectivity index (χ2v) is 4.66. The topological polar surface area (TPSA) is 32.3 Å². The third-order valence-electron chi connectivity index (χ3n) is 2.99. The van der Waals surface area contributed by atoms with Crippen LogP contribution in [0.25, 0.3) is 0 Å².